The zero-order chi connectivity index (χ0) is 18.1. The molecule has 7 nitrogen and oxygen atoms in total. The molecule has 0 aromatic heterocycles. The normalized spacial score (nSPS) is 14.1. The van der Waals surface area contributed by atoms with Crippen LogP contribution in [0.3, 0.4) is 0 Å². The Hall–Kier alpha value is -3.24. The average molecular weight is 338 g/mol. The maximum Gasteiger partial charge on any atom is 0.269 e. The minimum Gasteiger partial charge on any atom is -0.391 e. The number of nitrogens with zero attached hydrogens (tertiary/aromatic N) is 2. The Kier molecular flexibility index (Phi) is 4.21. The average Bonchev–Trinajstić information content (AvgIpc) is 2.58. The van der Waals surface area contributed by atoms with E-state index < -0.39 is 21.9 Å². The molecule has 0 amide bonds. The van der Waals surface area contributed by atoms with Gasteiger partial charge in [0.25, 0.3) is 11.4 Å². The van der Waals surface area contributed by atoms with Gasteiger partial charge in [0.1, 0.15) is 0 Å². The Bertz CT molecular complexity index is 853. The molecule has 0 bridgehead atoms. The summed E-state index contributed by atoms with van der Waals surface area (Å²) in [4.78, 5) is 21.1. The van der Waals surface area contributed by atoms with Gasteiger partial charge in [-0.1, -0.05) is 12.1 Å². The molecule has 1 N–H and O–H groups in total. The molecule has 0 radical (unpaired) electrons. The fourth-order valence-electron chi connectivity index (χ4n) is 3.35. The molecule has 1 aliphatic carbocycles. The topological polar surface area (TPSA) is 107 Å². The van der Waals surface area contributed by atoms with E-state index in [1.807, 2.05) is 0 Å². The third-order valence-corrected chi connectivity index (χ3v) is 4.44. The van der Waals surface area contributed by atoms with Crippen LogP contribution in [0.15, 0.2) is 36.4 Å². The zero-order valence-corrected chi connectivity index (χ0v) is 13.1. The summed E-state index contributed by atoms with van der Waals surface area (Å²) in [5, 5.41) is 32.6. The maximum absolute atomic E-state index is 11.0. The molecular formula is C18H14N2O5. The van der Waals surface area contributed by atoms with Crippen molar-refractivity contribution in [2.75, 3.05) is 0 Å². The number of benzene rings is 2. The summed E-state index contributed by atoms with van der Waals surface area (Å²) < 4.78 is 0. The van der Waals surface area contributed by atoms with Crippen LogP contribution in [0.1, 0.15) is 34.6 Å². The van der Waals surface area contributed by atoms with E-state index >= 15 is 0 Å². The third-order valence-electron chi connectivity index (χ3n) is 4.44. The van der Waals surface area contributed by atoms with Gasteiger partial charge in [-0.15, -0.1) is 12.3 Å². The van der Waals surface area contributed by atoms with E-state index in [4.69, 9.17) is 6.42 Å². The highest BCUT2D eigenvalue weighted by atomic mass is 16.6. The van der Waals surface area contributed by atoms with Crippen LogP contribution in [0.5, 0.6) is 0 Å². The zero-order valence-electron chi connectivity index (χ0n) is 13.1. The van der Waals surface area contributed by atoms with Gasteiger partial charge in [-0.3, -0.25) is 20.2 Å². The van der Waals surface area contributed by atoms with Gasteiger partial charge in [-0.05, 0) is 28.7 Å². The monoisotopic (exact) mass is 338 g/mol. The number of rotatable bonds is 4. The molecule has 1 unspecified atom stereocenters. The summed E-state index contributed by atoms with van der Waals surface area (Å²) in [6.45, 7) is 0. The van der Waals surface area contributed by atoms with Gasteiger partial charge >= 0.3 is 0 Å². The highest BCUT2D eigenvalue weighted by Crippen LogP contribution is 2.41. The van der Waals surface area contributed by atoms with E-state index in [9.17, 15) is 25.3 Å². The Morgan fingerprint density at radius 3 is 1.96 bits per heavy atom. The minimum absolute atomic E-state index is 0.0576. The van der Waals surface area contributed by atoms with Crippen molar-refractivity contribution in [1.82, 2.24) is 0 Å². The summed E-state index contributed by atoms with van der Waals surface area (Å²) in [5.41, 5.74) is 2.74. The van der Waals surface area contributed by atoms with Gasteiger partial charge in [-0.2, -0.15) is 0 Å². The number of hydrogen-bond donors (Lipinski definition) is 1. The Morgan fingerprint density at radius 1 is 1.08 bits per heavy atom. The molecule has 1 aliphatic rings. The number of hydrogen-bond acceptors (Lipinski definition) is 5. The molecular weight excluding hydrogens is 324 g/mol. The Labute approximate surface area is 143 Å². The molecule has 126 valence electrons. The molecule has 0 aliphatic heterocycles. The lowest BCUT2D eigenvalue weighted by atomic mass is 9.74. The largest absolute Gasteiger partial charge is 0.391 e. The van der Waals surface area contributed by atoms with Gasteiger partial charge in [-0.25, -0.2) is 0 Å². The van der Waals surface area contributed by atoms with Crippen LogP contribution in [-0.2, 0) is 6.42 Å². The number of nitro benzene ring substituents is 2. The lowest BCUT2D eigenvalue weighted by molar-refractivity contribution is -0.385. The van der Waals surface area contributed by atoms with Crippen LogP contribution in [0.4, 0.5) is 11.4 Å². The van der Waals surface area contributed by atoms with Crippen LogP contribution in [0.25, 0.3) is 0 Å². The Morgan fingerprint density at radius 2 is 1.56 bits per heavy atom. The van der Waals surface area contributed by atoms with Crippen molar-refractivity contribution in [3.05, 3.63) is 78.9 Å². The predicted octanol–water partition coefficient (Wildman–Crippen LogP) is 2.92. The standard InChI is InChI=1S/C18H14N2O5/c1-2-3-17(21)18-15-6-4-13(19(22)23)9-11(15)8-12-10-14(20(24)25)5-7-16(12)18/h1,4-7,9-10,17-18,21H,3,8H2. The fourth-order valence-corrected chi connectivity index (χ4v) is 3.35. The van der Waals surface area contributed by atoms with Crippen molar-refractivity contribution in [3.8, 4) is 12.3 Å². The molecule has 0 spiro atoms. The van der Waals surface area contributed by atoms with Crippen molar-refractivity contribution in [2.24, 2.45) is 0 Å². The number of aliphatic hydroxyl groups is 1. The summed E-state index contributed by atoms with van der Waals surface area (Å²) in [6, 6.07) is 8.94. The summed E-state index contributed by atoms with van der Waals surface area (Å²) in [7, 11) is 0. The number of nitro groups is 2. The molecule has 2 aromatic rings. The number of aliphatic hydroxyl groups excluding tert-OH is 1. The fraction of sp³-hybridized carbons (Fsp3) is 0.222. The molecule has 3 rings (SSSR count). The number of non-ortho nitro benzene ring substituents is 2. The number of terminal acetylenes is 1. The highest BCUT2D eigenvalue weighted by Gasteiger charge is 2.32. The van der Waals surface area contributed by atoms with Gasteiger partial charge < -0.3 is 5.11 Å². The molecule has 0 fully saturated rings. The van der Waals surface area contributed by atoms with E-state index in [0.29, 0.717) is 17.5 Å². The molecule has 25 heavy (non-hydrogen) atoms. The van der Waals surface area contributed by atoms with Crippen molar-refractivity contribution in [3.63, 3.8) is 0 Å². The van der Waals surface area contributed by atoms with E-state index in [1.54, 1.807) is 12.1 Å². The second kappa shape index (κ2) is 6.34. The van der Waals surface area contributed by atoms with E-state index in [-0.39, 0.29) is 17.8 Å². The first-order chi connectivity index (χ1) is 11.9. The summed E-state index contributed by atoms with van der Waals surface area (Å²) >= 11 is 0. The first kappa shape index (κ1) is 16.6. The predicted molar refractivity (Wildman–Crippen MR) is 90.3 cm³/mol. The summed E-state index contributed by atoms with van der Waals surface area (Å²) in [6.07, 6.45) is 4.87. The second-order valence-corrected chi connectivity index (χ2v) is 5.91. The van der Waals surface area contributed by atoms with Gasteiger partial charge in [0.15, 0.2) is 0 Å². The van der Waals surface area contributed by atoms with Crippen LogP contribution in [-0.4, -0.2) is 21.1 Å². The van der Waals surface area contributed by atoms with Gasteiger partial charge in [0.2, 0.25) is 0 Å². The van der Waals surface area contributed by atoms with Crippen LogP contribution >= 0.6 is 0 Å². The van der Waals surface area contributed by atoms with Gasteiger partial charge in [0, 0.05) is 36.6 Å². The first-order valence-electron chi connectivity index (χ1n) is 7.58. The number of fused-ring (bicyclic) bond motifs is 2. The van der Waals surface area contributed by atoms with Crippen molar-refractivity contribution in [2.45, 2.75) is 24.9 Å². The SMILES string of the molecule is C#CCC(O)C1c2ccc([N+](=O)[O-])cc2Cc2cc([N+](=O)[O-])ccc21. The quantitative estimate of drug-likeness (QED) is 0.524. The third kappa shape index (κ3) is 2.95. The minimum atomic E-state index is -0.884. The molecule has 2 aromatic carbocycles. The molecule has 7 heteroatoms. The molecule has 0 saturated heterocycles. The second-order valence-electron chi connectivity index (χ2n) is 5.91. The maximum atomic E-state index is 11.0. The first-order valence-corrected chi connectivity index (χ1v) is 7.58. The van der Waals surface area contributed by atoms with E-state index in [0.717, 1.165) is 11.1 Å². The lowest BCUT2D eigenvalue weighted by Gasteiger charge is -2.31. The molecule has 0 heterocycles. The van der Waals surface area contributed by atoms with E-state index in [1.165, 1.54) is 24.3 Å². The lowest BCUT2D eigenvalue weighted by Crippen LogP contribution is -2.25. The van der Waals surface area contributed by atoms with Crippen LogP contribution in [0, 0.1) is 32.6 Å². The molecule has 1 atom stereocenters. The van der Waals surface area contributed by atoms with Crippen molar-refractivity contribution >= 4 is 11.4 Å². The molecule has 0 saturated carbocycles. The van der Waals surface area contributed by atoms with E-state index in [2.05, 4.69) is 5.92 Å². The Balaban J connectivity index is 2.17. The smallest absolute Gasteiger partial charge is 0.269 e. The van der Waals surface area contributed by atoms with Crippen molar-refractivity contribution in [1.29, 1.82) is 0 Å². The van der Waals surface area contributed by atoms with Crippen LogP contribution in [0.2, 0.25) is 0 Å². The van der Waals surface area contributed by atoms with Crippen molar-refractivity contribution < 1.29 is 15.0 Å². The van der Waals surface area contributed by atoms with Crippen LogP contribution < -0.4 is 0 Å². The highest BCUT2D eigenvalue weighted by molar-refractivity contribution is 5.55. The summed E-state index contributed by atoms with van der Waals surface area (Å²) in [5.74, 6) is 1.94. The van der Waals surface area contributed by atoms with Gasteiger partial charge in [0.05, 0.1) is 16.0 Å².